The second kappa shape index (κ2) is 3.80. The van der Waals surface area contributed by atoms with Crippen molar-refractivity contribution in [3.05, 3.63) is 23.7 Å². The monoisotopic (exact) mass is 170 g/mol. The first-order valence-corrected chi connectivity index (χ1v) is 3.64. The van der Waals surface area contributed by atoms with Gasteiger partial charge in [-0.2, -0.15) is 0 Å². The van der Waals surface area contributed by atoms with Gasteiger partial charge in [-0.1, -0.05) is 0 Å². The summed E-state index contributed by atoms with van der Waals surface area (Å²) in [5, 5.41) is 17.4. The number of carboxylic acids is 1. The number of carbonyl (C=O) groups is 1. The Morgan fingerprint density at radius 1 is 1.50 bits per heavy atom. The third kappa shape index (κ3) is 2.30. The van der Waals surface area contributed by atoms with Crippen molar-refractivity contribution < 1.29 is 19.7 Å². The summed E-state index contributed by atoms with van der Waals surface area (Å²) in [6.45, 7) is -0.413. The Morgan fingerprint density at radius 3 is 2.75 bits per heavy atom. The standard InChI is InChI=1S/C8H10O4/c9-6-3-1-2-4-7(6)12-5-8(10)11/h3-4,9H,1-2,5H2,(H,10,11). The maximum atomic E-state index is 10.1. The smallest absolute Gasteiger partial charge is 0.341 e. The lowest BCUT2D eigenvalue weighted by Crippen LogP contribution is -2.08. The first-order valence-electron chi connectivity index (χ1n) is 3.64. The van der Waals surface area contributed by atoms with Crippen LogP contribution in [-0.4, -0.2) is 22.8 Å². The minimum absolute atomic E-state index is 0.0301. The molecular weight excluding hydrogens is 160 g/mol. The Hall–Kier alpha value is -1.45. The third-order valence-electron chi connectivity index (χ3n) is 1.44. The van der Waals surface area contributed by atoms with Crippen LogP contribution in [0.15, 0.2) is 23.7 Å². The summed E-state index contributed by atoms with van der Waals surface area (Å²) >= 11 is 0. The molecule has 0 fully saturated rings. The van der Waals surface area contributed by atoms with E-state index in [4.69, 9.17) is 14.9 Å². The molecule has 0 saturated heterocycles. The molecule has 66 valence electrons. The van der Waals surface area contributed by atoms with Gasteiger partial charge in [0.2, 0.25) is 0 Å². The van der Waals surface area contributed by atoms with E-state index in [1.165, 1.54) is 0 Å². The van der Waals surface area contributed by atoms with Crippen molar-refractivity contribution in [2.45, 2.75) is 12.8 Å². The number of rotatable bonds is 3. The molecule has 0 aliphatic heterocycles. The fourth-order valence-electron chi connectivity index (χ4n) is 0.912. The maximum Gasteiger partial charge on any atom is 0.341 e. The van der Waals surface area contributed by atoms with E-state index >= 15 is 0 Å². The molecule has 0 aromatic carbocycles. The van der Waals surface area contributed by atoms with Gasteiger partial charge in [0.25, 0.3) is 0 Å². The highest BCUT2D eigenvalue weighted by molar-refractivity contribution is 5.68. The van der Waals surface area contributed by atoms with E-state index in [-0.39, 0.29) is 11.5 Å². The van der Waals surface area contributed by atoms with E-state index in [2.05, 4.69) is 0 Å². The van der Waals surface area contributed by atoms with Gasteiger partial charge in [-0.05, 0) is 25.0 Å². The van der Waals surface area contributed by atoms with Crippen molar-refractivity contribution >= 4 is 5.97 Å². The van der Waals surface area contributed by atoms with E-state index in [1.54, 1.807) is 12.2 Å². The lowest BCUT2D eigenvalue weighted by Gasteiger charge is -2.10. The number of ether oxygens (including phenoxy) is 1. The van der Waals surface area contributed by atoms with Crippen molar-refractivity contribution in [1.29, 1.82) is 0 Å². The molecule has 4 nitrogen and oxygen atoms in total. The molecule has 0 radical (unpaired) electrons. The van der Waals surface area contributed by atoms with Crippen molar-refractivity contribution in [1.82, 2.24) is 0 Å². The number of aliphatic hydroxyl groups excluding tert-OH is 1. The minimum Gasteiger partial charge on any atom is -0.504 e. The van der Waals surface area contributed by atoms with Crippen LogP contribution in [0.3, 0.4) is 0 Å². The zero-order valence-corrected chi connectivity index (χ0v) is 6.49. The van der Waals surface area contributed by atoms with Gasteiger partial charge in [-0.25, -0.2) is 4.79 Å². The van der Waals surface area contributed by atoms with Gasteiger partial charge in [0.05, 0.1) is 0 Å². The topological polar surface area (TPSA) is 66.8 Å². The Kier molecular flexibility index (Phi) is 2.74. The number of aliphatic carboxylic acids is 1. The zero-order valence-electron chi connectivity index (χ0n) is 6.49. The maximum absolute atomic E-state index is 10.1. The van der Waals surface area contributed by atoms with E-state index in [9.17, 15) is 4.79 Å². The Bertz CT molecular complexity index is 239. The lowest BCUT2D eigenvalue weighted by molar-refractivity contribution is -0.140. The summed E-state index contributed by atoms with van der Waals surface area (Å²) in [6.07, 6.45) is 4.83. The van der Waals surface area contributed by atoms with Crippen molar-refractivity contribution in [2.75, 3.05) is 6.61 Å². The Morgan fingerprint density at radius 2 is 2.17 bits per heavy atom. The molecule has 0 bridgehead atoms. The lowest BCUT2D eigenvalue weighted by atomic mass is 10.1. The summed E-state index contributed by atoms with van der Waals surface area (Å²) in [7, 11) is 0. The molecule has 0 unspecified atom stereocenters. The minimum atomic E-state index is -1.05. The summed E-state index contributed by atoms with van der Waals surface area (Å²) in [5.74, 6) is -0.750. The molecule has 0 heterocycles. The molecule has 0 aromatic heterocycles. The van der Waals surface area contributed by atoms with Crippen LogP contribution >= 0.6 is 0 Å². The molecule has 0 aromatic rings. The molecule has 1 rings (SSSR count). The van der Waals surface area contributed by atoms with Crippen LogP contribution < -0.4 is 0 Å². The molecule has 2 N–H and O–H groups in total. The van der Waals surface area contributed by atoms with Crippen LogP contribution in [0.1, 0.15) is 12.8 Å². The molecule has 0 amide bonds. The summed E-state index contributed by atoms with van der Waals surface area (Å²) in [4.78, 5) is 10.1. The number of hydrogen-bond donors (Lipinski definition) is 2. The normalized spacial score (nSPS) is 16.3. The van der Waals surface area contributed by atoms with E-state index in [0.29, 0.717) is 0 Å². The molecule has 1 aliphatic carbocycles. The van der Waals surface area contributed by atoms with E-state index in [1.807, 2.05) is 0 Å². The van der Waals surface area contributed by atoms with Crippen LogP contribution in [0.25, 0.3) is 0 Å². The first-order chi connectivity index (χ1) is 5.70. The predicted molar refractivity (Wildman–Crippen MR) is 41.6 cm³/mol. The van der Waals surface area contributed by atoms with Gasteiger partial charge >= 0.3 is 5.97 Å². The van der Waals surface area contributed by atoms with Gasteiger partial charge in [0.15, 0.2) is 18.1 Å². The number of hydrogen-bond acceptors (Lipinski definition) is 3. The van der Waals surface area contributed by atoms with Crippen molar-refractivity contribution in [3.8, 4) is 0 Å². The first kappa shape index (κ1) is 8.64. The highest BCUT2D eigenvalue weighted by atomic mass is 16.5. The summed E-state index contributed by atoms with van der Waals surface area (Å²) in [5.41, 5.74) is 0. The van der Waals surface area contributed by atoms with Gasteiger partial charge in [0.1, 0.15) is 0 Å². The Labute approximate surface area is 69.8 Å². The second-order valence-corrected chi connectivity index (χ2v) is 2.42. The van der Waals surface area contributed by atoms with Crippen LogP contribution in [0.4, 0.5) is 0 Å². The molecule has 0 saturated carbocycles. The average molecular weight is 170 g/mol. The van der Waals surface area contributed by atoms with Crippen LogP contribution in [0, 0.1) is 0 Å². The van der Waals surface area contributed by atoms with Crippen LogP contribution in [0.2, 0.25) is 0 Å². The third-order valence-corrected chi connectivity index (χ3v) is 1.44. The molecular formula is C8H10O4. The molecule has 4 heteroatoms. The molecule has 12 heavy (non-hydrogen) atoms. The SMILES string of the molecule is O=C(O)COC1=CCCC=C1O. The van der Waals surface area contributed by atoms with E-state index in [0.717, 1.165) is 12.8 Å². The number of aliphatic hydroxyl groups is 1. The molecule has 0 atom stereocenters. The summed E-state index contributed by atoms with van der Waals surface area (Å²) in [6, 6.07) is 0. The fourth-order valence-corrected chi connectivity index (χ4v) is 0.912. The predicted octanol–water partition coefficient (Wildman–Crippen LogP) is 1.21. The number of allylic oxidation sites excluding steroid dienone is 2. The van der Waals surface area contributed by atoms with Crippen molar-refractivity contribution in [2.24, 2.45) is 0 Å². The molecule has 0 spiro atoms. The molecule has 1 aliphatic rings. The highest BCUT2D eigenvalue weighted by Gasteiger charge is 2.09. The largest absolute Gasteiger partial charge is 0.504 e. The van der Waals surface area contributed by atoms with Gasteiger partial charge in [-0.3, -0.25) is 0 Å². The Balaban J connectivity index is 2.46. The van der Waals surface area contributed by atoms with Crippen molar-refractivity contribution in [3.63, 3.8) is 0 Å². The van der Waals surface area contributed by atoms with Crippen LogP contribution in [-0.2, 0) is 9.53 Å². The quantitative estimate of drug-likeness (QED) is 0.668. The average Bonchev–Trinajstić information content (AvgIpc) is 2.03. The van der Waals surface area contributed by atoms with Gasteiger partial charge in [-0.15, -0.1) is 0 Å². The second-order valence-electron chi connectivity index (χ2n) is 2.42. The van der Waals surface area contributed by atoms with Crippen LogP contribution in [0.5, 0.6) is 0 Å². The highest BCUT2D eigenvalue weighted by Crippen LogP contribution is 2.16. The fraction of sp³-hybridized carbons (Fsp3) is 0.375. The zero-order chi connectivity index (χ0) is 8.97. The van der Waals surface area contributed by atoms with Gasteiger partial charge in [0, 0.05) is 0 Å². The van der Waals surface area contributed by atoms with Gasteiger partial charge < -0.3 is 14.9 Å². The van der Waals surface area contributed by atoms with E-state index < -0.39 is 12.6 Å². The summed E-state index contributed by atoms with van der Waals surface area (Å²) < 4.78 is 4.80. The number of carboxylic acid groups (broad SMARTS) is 1.